The first-order chi connectivity index (χ1) is 15.6. The Balaban J connectivity index is 1.65. The number of fused-ring (bicyclic) bond motifs is 1. The normalized spacial score (nSPS) is 11.5. The molecule has 0 aliphatic heterocycles. The SMILES string of the molecule is Cc1cccc(Cc2n[nH]c3cc(O)c(C(=O)N(C)c4cccc(OC(F)(F)F)c4)cc23)c1. The summed E-state index contributed by atoms with van der Waals surface area (Å²) in [5.74, 6) is -1.32. The van der Waals surface area contributed by atoms with E-state index in [1.807, 2.05) is 31.2 Å². The molecule has 0 aliphatic carbocycles. The van der Waals surface area contributed by atoms with Gasteiger partial charge < -0.3 is 14.7 Å². The fraction of sp³-hybridized carbons (Fsp3) is 0.167. The van der Waals surface area contributed by atoms with E-state index < -0.39 is 18.0 Å². The fourth-order valence-electron chi connectivity index (χ4n) is 3.62. The van der Waals surface area contributed by atoms with E-state index in [0.29, 0.717) is 23.0 Å². The summed E-state index contributed by atoms with van der Waals surface area (Å²) in [6.07, 6.45) is -4.33. The van der Waals surface area contributed by atoms with Crippen LogP contribution in [0.15, 0.2) is 60.7 Å². The van der Waals surface area contributed by atoms with Gasteiger partial charge in [-0.25, -0.2) is 0 Å². The number of amides is 1. The van der Waals surface area contributed by atoms with Gasteiger partial charge >= 0.3 is 6.36 Å². The number of ether oxygens (including phenoxy) is 1. The molecule has 1 aromatic heterocycles. The summed E-state index contributed by atoms with van der Waals surface area (Å²) in [5, 5.41) is 18.3. The van der Waals surface area contributed by atoms with Gasteiger partial charge in [0, 0.05) is 36.7 Å². The van der Waals surface area contributed by atoms with Crippen LogP contribution in [0, 0.1) is 6.92 Å². The van der Waals surface area contributed by atoms with Crippen molar-refractivity contribution in [1.82, 2.24) is 10.2 Å². The Hall–Kier alpha value is -4.01. The minimum atomic E-state index is -4.85. The van der Waals surface area contributed by atoms with Crippen LogP contribution in [0.1, 0.15) is 27.2 Å². The summed E-state index contributed by atoms with van der Waals surface area (Å²) < 4.78 is 41.5. The van der Waals surface area contributed by atoms with E-state index in [2.05, 4.69) is 14.9 Å². The quantitative estimate of drug-likeness (QED) is 0.426. The maximum absolute atomic E-state index is 13.1. The van der Waals surface area contributed by atoms with Crippen LogP contribution in [-0.2, 0) is 6.42 Å². The summed E-state index contributed by atoms with van der Waals surface area (Å²) >= 11 is 0. The number of H-pyrrole nitrogens is 1. The number of nitrogens with zero attached hydrogens (tertiary/aromatic N) is 2. The molecule has 1 heterocycles. The minimum absolute atomic E-state index is 0.000893. The highest BCUT2D eigenvalue weighted by atomic mass is 19.4. The number of phenols is 1. The van der Waals surface area contributed by atoms with Crippen molar-refractivity contribution in [3.8, 4) is 11.5 Å². The Morgan fingerprint density at radius 1 is 1.12 bits per heavy atom. The topological polar surface area (TPSA) is 78.4 Å². The molecule has 0 spiro atoms. The lowest BCUT2D eigenvalue weighted by Crippen LogP contribution is -2.26. The number of carbonyl (C=O) groups excluding carboxylic acids is 1. The average Bonchev–Trinajstić information content (AvgIpc) is 3.12. The van der Waals surface area contributed by atoms with Crippen molar-refractivity contribution in [2.24, 2.45) is 0 Å². The number of phenolic OH excluding ortho intramolecular Hbond substituents is 1. The van der Waals surface area contributed by atoms with Gasteiger partial charge in [-0.1, -0.05) is 35.9 Å². The van der Waals surface area contributed by atoms with Crippen LogP contribution in [0.25, 0.3) is 10.9 Å². The summed E-state index contributed by atoms with van der Waals surface area (Å²) in [5.41, 5.74) is 3.59. The zero-order valence-corrected chi connectivity index (χ0v) is 17.8. The zero-order chi connectivity index (χ0) is 23.8. The van der Waals surface area contributed by atoms with Crippen LogP contribution in [0.4, 0.5) is 18.9 Å². The number of carbonyl (C=O) groups is 1. The fourth-order valence-corrected chi connectivity index (χ4v) is 3.62. The zero-order valence-electron chi connectivity index (χ0n) is 17.8. The molecule has 6 nitrogen and oxygen atoms in total. The van der Waals surface area contributed by atoms with E-state index in [4.69, 9.17) is 0 Å². The largest absolute Gasteiger partial charge is 0.573 e. The van der Waals surface area contributed by atoms with Crippen molar-refractivity contribution in [2.75, 3.05) is 11.9 Å². The van der Waals surface area contributed by atoms with E-state index in [1.165, 1.54) is 31.3 Å². The van der Waals surface area contributed by atoms with Crippen molar-refractivity contribution in [2.45, 2.75) is 19.7 Å². The molecule has 0 fully saturated rings. The molecule has 170 valence electrons. The van der Waals surface area contributed by atoms with Crippen LogP contribution < -0.4 is 9.64 Å². The summed E-state index contributed by atoms with van der Waals surface area (Å²) in [6, 6.07) is 16.0. The lowest BCUT2D eigenvalue weighted by Gasteiger charge is -2.19. The predicted octanol–water partition coefficient (Wildman–Crippen LogP) is 5.34. The summed E-state index contributed by atoms with van der Waals surface area (Å²) in [6.45, 7) is 1.99. The first kappa shape index (κ1) is 22.2. The maximum Gasteiger partial charge on any atom is 0.573 e. The molecule has 4 rings (SSSR count). The highest BCUT2D eigenvalue weighted by Crippen LogP contribution is 2.31. The lowest BCUT2D eigenvalue weighted by molar-refractivity contribution is -0.274. The van der Waals surface area contributed by atoms with Gasteiger partial charge in [0.2, 0.25) is 0 Å². The number of hydrogen-bond acceptors (Lipinski definition) is 4. The standard InChI is InChI=1S/C24H20F3N3O3/c1-14-5-3-6-15(9-14)10-20-18-12-19(22(31)13-21(18)29-28-20)23(32)30(2)16-7-4-8-17(11-16)33-24(25,26)27/h3-9,11-13,31H,10H2,1-2H3,(H,28,29). The molecular formula is C24H20F3N3O3. The van der Waals surface area contributed by atoms with E-state index in [9.17, 15) is 23.1 Å². The number of rotatable bonds is 5. The molecule has 1 amide bonds. The molecule has 0 radical (unpaired) electrons. The molecule has 2 N–H and O–H groups in total. The Morgan fingerprint density at radius 3 is 2.61 bits per heavy atom. The van der Waals surface area contributed by atoms with Gasteiger partial charge in [-0.2, -0.15) is 5.10 Å². The van der Waals surface area contributed by atoms with E-state index in [0.717, 1.165) is 28.2 Å². The Labute approximate surface area is 187 Å². The molecule has 0 atom stereocenters. The maximum atomic E-state index is 13.1. The van der Waals surface area contributed by atoms with E-state index >= 15 is 0 Å². The molecule has 4 aromatic rings. The van der Waals surface area contributed by atoms with Crippen molar-refractivity contribution in [1.29, 1.82) is 0 Å². The minimum Gasteiger partial charge on any atom is -0.507 e. The second-order valence-electron chi connectivity index (χ2n) is 7.66. The molecule has 33 heavy (non-hydrogen) atoms. The van der Waals surface area contributed by atoms with Gasteiger partial charge in [0.25, 0.3) is 5.91 Å². The Bertz CT molecular complexity index is 1330. The van der Waals surface area contributed by atoms with Gasteiger partial charge in [-0.15, -0.1) is 13.2 Å². The van der Waals surface area contributed by atoms with Gasteiger partial charge in [-0.3, -0.25) is 9.89 Å². The highest BCUT2D eigenvalue weighted by molar-refractivity contribution is 6.09. The number of aromatic nitrogens is 2. The number of aryl methyl sites for hydroxylation is 1. The lowest BCUT2D eigenvalue weighted by atomic mass is 10.0. The monoisotopic (exact) mass is 455 g/mol. The number of hydrogen-bond donors (Lipinski definition) is 2. The third-order valence-corrected chi connectivity index (χ3v) is 5.19. The van der Waals surface area contributed by atoms with Crippen LogP contribution in [0.2, 0.25) is 0 Å². The third-order valence-electron chi connectivity index (χ3n) is 5.19. The Kier molecular flexibility index (Phi) is 5.71. The van der Waals surface area contributed by atoms with Crippen molar-refractivity contribution >= 4 is 22.5 Å². The van der Waals surface area contributed by atoms with Gasteiger partial charge in [0.15, 0.2) is 0 Å². The van der Waals surface area contributed by atoms with Crippen molar-refractivity contribution in [3.05, 3.63) is 83.0 Å². The molecular weight excluding hydrogens is 435 g/mol. The average molecular weight is 455 g/mol. The molecule has 0 bridgehead atoms. The van der Waals surface area contributed by atoms with Crippen LogP contribution in [0.5, 0.6) is 11.5 Å². The van der Waals surface area contributed by atoms with Crippen molar-refractivity contribution in [3.63, 3.8) is 0 Å². The summed E-state index contributed by atoms with van der Waals surface area (Å²) in [4.78, 5) is 14.3. The number of aromatic hydroxyl groups is 1. The van der Waals surface area contributed by atoms with Gasteiger partial charge in [0.05, 0.1) is 16.8 Å². The molecule has 0 unspecified atom stereocenters. The first-order valence-corrected chi connectivity index (χ1v) is 10.00. The second-order valence-corrected chi connectivity index (χ2v) is 7.66. The number of halogens is 3. The smallest absolute Gasteiger partial charge is 0.507 e. The number of anilines is 1. The number of alkyl halides is 3. The molecule has 0 saturated heterocycles. The highest BCUT2D eigenvalue weighted by Gasteiger charge is 2.31. The van der Waals surface area contributed by atoms with Crippen LogP contribution in [-0.4, -0.2) is 34.6 Å². The second kappa shape index (κ2) is 8.50. The third kappa shape index (κ3) is 4.92. The molecule has 0 saturated carbocycles. The molecule has 9 heteroatoms. The number of aromatic amines is 1. The number of benzene rings is 3. The van der Waals surface area contributed by atoms with Crippen molar-refractivity contribution < 1.29 is 27.8 Å². The molecule has 3 aromatic carbocycles. The van der Waals surface area contributed by atoms with Gasteiger partial charge in [-0.05, 0) is 30.7 Å². The number of nitrogens with one attached hydrogen (secondary N) is 1. The predicted molar refractivity (Wildman–Crippen MR) is 118 cm³/mol. The Morgan fingerprint density at radius 2 is 1.88 bits per heavy atom. The first-order valence-electron chi connectivity index (χ1n) is 10.00. The van der Waals surface area contributed by atoms with E-state index in [-0.39, 0.29) is 17.0 Å². The summed E-state index contributed by atoms with van der Waals surface area (Å²) in [7, 11) is 1.40. The molecule has 0 aliphatic rings. The van der Waals surface area contributed by atoms with E-state index in [1.54, 1.807) is 0 Å². The van der Waals surface area contributed by atoms with Gasteiger partial charge in [0.1, 0.15) is 11.5 Å². The van der Waals surface area contributed by atoms with Crippen LogP contribution in [0.3, 0.4) is 0 Å². The van der Waals surface area contributed by atoms with Crippen LogP contribution >= 0.6 is 0 Å².